The molecule has 5 rings (SSSR count). The molecule has 2 fully saturated rings. The largest absolute Gasteiger partial charge is 0.497 e. The van der Waals surface area contributed by atoms with Crippen LogP contribution in [0, 0.1) is 23.2 Å². The minimum absolute atomic E-state index is 0.0571. The van der Waals surface area contributed by atoms with Crippen molar-refractivity contribution < 1.29 is 46.5 Å². The number of ether oxygens (including phenoxy) is 4. The Hall–Kier alpha value is -3.90. The minimum atomic E-state index is -4.80. The molecule has 1 aromatic carbocycles. The number of allylic oxidation sites excluding steroid dienone is 1. The van der Waals surface area contributed by atoms with Gasteiger partial charge in [0.2, 0.25) is 17.4 Å². The molecule has 2 bridgehead atoms. The summed E-state index contributed by atoms with van der Waals surface area (Å²) in [7, 11) is 1.55. The number of hydrogen-bond donors (Lipinski definition) is 0. The summed E-state index contributed by atoms with van der Waals surface area (Å²) < 4.78 is 68.2. The monoisotopic (exact) mass is 731 g/mol. The zero-order chi connectivity index (χ0) is 38.2. The number of benzene rings is 1. The van der Waals surface area contributed by atoms with Crippen LogP contribution in [0.15, 0.2) is 24.3 Å². The van der Waals surface area contributed by atoms with Crippen LogP contribution in [0.3, 0.4) is 0 Å². The van der Waals surface area contributed by atoms with Gasteiger partial charge >= 0.3 is 18.1 Å². The quantitative estimate of drug-likeness (QED) is 0.291. The summed E-state index contributed by atoms with van der Waals surface area (Å²) in [5.41, 5.74) is -2.93. The average Bonchev–Trinajstić information content (AvgIpc) is 3.62. The van der Waals surface area contributed by atoms with Gasteiger partial charge < -0.3 is 23.8 Å². The third-order valence-corrected chi connectivity index (χ3v) is 10.6. The van der Waals surface area contributed by atoms with Gasteiger partial charge in [0, 0.05) is 17.9 Å². The molecular weight excluding hydrogens is 679 g/mol. The van der Waals surface area contributed by atoms with Crippen LogP contribution in [0.5, 0.6) is 11.6 Å². The zero-order valence-corrected chi connectivity index (χ0v) is 31.5. The number of methoxy groups -OCH3 is 1. The van der Waals surface area contributed by atoms with Crippen LogP contribution >= 0.6 is 0 Å². The first-order chi connectivity index (χ1) is 24.3. The van der Waals surface area contributed by atoms with Gasteiger partial charge in [0.1, 0.15) is 29.2 Å². The van der Waals surface area contributed by atoms with Crippen LogP contribution in [-0.4, -0.2) is 75.9 Å². The van der Waals surface area contributed by atoms with Gasteiger partial charge in [-0.15, -0.1) is 0 Å². The molecule has 52 heavy (non-hydrogen) atoms. The number of esters is 2. The lowest BCUT2D eigenvalue weighted by Crippen LogP contribution is -2.53. The molecule has 13 heteroatoms. The van der Waals surface area contributed by atoms with Gasteiger partial charge in [-0.1, -0.05) is 33.8 Å². The fourth-order valence-electron chi connectivity index (χ4n) is 7.92. The van der Waals surface area contributed by atoms with Gasteiger partial charge in [-0.2, -0.15) is 13.2 Å². The van der Waals surface area contributed by atoms with Crippen molar-refractivity contribution in [3.63, 3.8) is 0 Å². The molecule has 1 unspecified atom stereocenters. The maximum Gasteiger partial charge on any atom is 0.428 e. The van der Waals surface area contributed by atoms with Gasteiger partial charge in [0.25, 0.3) is 0 Å². The van der Waals surface area contributed by atoms with Crippen molar-refractivity contribution in [3.8, 4) is 11.6 Å². The molecular formula is C39H52F3N3O7. The highest BCUT2D eigenvalue weighted by Gasteiger charge is 2.64. The number of nitrogens with zero attached hydrogens (tertiary/aromatic N) is 3. The smallest absolute Gasteiger partial charge is 0.428 e. The second-order valence-electron chi connectivity index (χ2n) is 16.4. The fraction of sp³-hybridized carbons (Fsp3) is 0.667. The second-order valence-corrected chi connectivity index (χ2v) is 16.4. The van der Waals surface area contributed by atoms with Crippen LogP contribution in [-0.2, 0) is 23.9 Å². The van der Waals surface area contributed by atoms with Crippen molar-refractivity contribution in [2.24, 2.45) is 23.2 Å². The van der Waals surface area contributed by atoms with E-state index in [1.807, 2.05) is 13.0 Å². The zero-order valence-electron chi connectivity index (χ0n) is 31.5. The molecule has 2 aromatic rings. The van der Waals surface area contributed by atoms with Crippen LogP contribution in [0.1, 0.15) is 106 Å². The first kappa shape index (κ1) is 39.3. The fourth-order valence-corrected chi connectivity index (χ4v) is 7.92. The van der Waals surface area contributed by atoms with E-state index in [2.05, 4.69) is 0 Å². The first-order valence-corrected chi connectivity index (χ1v) is 18.3. The number of alkyl halides is 3. The SMILES string of the molecule is CC[C@@H]1[C@@H]2CN(C(=O)[C@H](C(C)(C)C)CC(=O)OC3(C(F)(F)F)CCC[C@H]3CCC/C=C/c3nc4ccc(OC)cc4nc3O2)[C@@H]1C(=O)OC(C)(C)C. The van der Waals surface area contributed by atoms with Crippen molar-refractivity contribution in [3.05, 3.63) is 30.0 Å². The molecule has 0 radical (unpaired) electrons. The number of fused-ring (bicyclic) bond motifs is 5. The Bertz CT molecular complexity index is 1680. The highest BCUT2D eigenvalue weighted by molar-refractivity contribution is 5.90. The van der Waals surface area contributed by atoms with E-state index in [-0.39, 0.29) is 38.1 Å². The van der Waals surface area contributed by atoms with E-state index in [0.29, 0.717) is 41.7 Å². The lowest BCUT2D eigenvalue weighted by atomic mass is 9.77. The maximum absolute atomic E-state index is 14.9. The molecule has 1 saturated heterocycles. The lowest BCUT2D eigenvalue weighted by molar-refractivity contribution is -0.282. The normalized spacial score (nSPS) is 28.6. The highest BCUT2D eigenvalue weighted by atomic mass is 19.4. The summed E-state index contributed by atoms with van der Waals surface area (Å²) in [5.74, 6) is -4.14. The highest BCUT2D eigenvalue weighted by Crippen LogP contribution is 2.52. The Kier molecular flexibility index (Phi) is 11.2. The standard InChI is InChI=1S/C39H52F3N3O7/c1-9-25-30-22-45(32(25)35(48)52-37(5,6)7)34(47)26(36(2,3)4)21-31(46)51-38(39(40,41)42)19-13-15-23(38)14-11-10-12-16-28-33(50-30)44-29-20-24(49-8)17-18-27(29)43-28/h12,16-18,20,23,25-26,30,32H,9-11,13-15,19,21-22H2,1-8H3/b16-12+/t23-,25-,26-,30+,32+,38?/m1/s1. The number of carbonyl (C=O) groups excluding carboxylic acids is 3. The van der Waals surface area contributed by atoms with E-state index < -0.39 is 77.0 Å². The van der Waals surface area contributed by atoms with E-state index >= 15 is 0 Å². The molecule has 3 aliphatic rings. The molecule has 1 aromatic heterocycles. The molecule has 1 saturated carbocycles. The third-order valence-electron chi connectivity index (χ3n) is 10.6. The van der Waals surface area contributed by atoms with Gasteiger partial charge in [0.15, 0.2) is 0 Å². The van der Waals surface area contributed by atoms with E-state index in [1.54, 1.807) is 72.9 Å². The number of aromatic nitrogens is 2. The molecule has 1 aliphatic carbocycles. The molecule has 10 nitrogen and oxygen atoms in total. The van der Waals surface area contributed by atoms with Crippen LogP contribution < -0.4 is 9.47 Å². The van der Waals surface area contributed by atoms with Crippen molar-refractivity contribution in [1.29, 1.82) is 0 Å². The van der Waals surface area contributed by atoms with Gasteiger partial charge in [-0.25, -0.2) is 14.8 Å². The Morgan fingerprint density at radius 1 is 1.04 bits per heavy atom. The number of carbonyl (C=O) groups is 3. The Morgan fingerprint density at radius 2 is 1.75 bits per heavy atom. The molecule has 2 aliphatic heterocycles. The van der Waals surface area contributed by atoms with Crippen LogP contribution in [0.4, 0.5) is 13.2 Å². The molecule has 0 N–H and O–H groups in total. The number of amides is 1. The van der Waals surface area contributed by atoms with Crippen molar-refractivity contribution in [2.45, 2.75) is 129 Å². The predicted octanol–water partition coefficient (Wildman–Crippen LogP) is 7.86. The summed E-state index contributed by atoms with van der Waals surface area (Å²) in [5, 5.41) is 0. The van der Waals surface area contributed by atoms with Crippen molar-refractivity contribution in [2.75, 3.05) is 13.7 Å². The maximum atomic E-state index is 14.9. The summed E-state index contributed by atoms with van der Waals surface area (Å²) in [6, 6.07) is 4.17. The first-order valence-electron chi connectivity index (χ1n) is 18.3. The van der Waals surface area contributed by atoms with E-state index in [0.717, 1.165) is 0 Å². The Balaban J connectivity index is 1.65. The summed E-state index contributed by atoms with van der Waals surface area (Å²) in [4.78, 5) is 53.3. The van der Waals surface area contributed by atoms with E-state index in [1.165, 1.54) is 4.90 Å². The summed E-state index contributed by atoms with van der Waals surface area (Å²) in [6.45, 7) is 12.2. The Labute approximate surface area is 303 Å². The predicted molar refractivity (Wildman–Crippen MR) is 188 cm³/mol. The van der Waals surface area contributed by atoms with Crippen LogP contribution in [0.25, 0.3) is 17.1 Å². The summed E-state index contributed by atoms with van der Waals surface area (Å²) in [6.07, 6.45) is -0.903. The average molecular weight is 732 g/mol. The van der Waals surface area contributed by atoms with Crippen molar-refractivity contribution >= 4 is 35.0 Å². The molecule has 3 heterocycles. The lowest BCUT2D eigenvalue weighted by Gasteiger charge is -2.39. The number of halogens is 3. The summed E-state index contributed by atoms with van der Waals surface area (Å²) >= 11 is 0. The number of rotatable bonds is 3. The molecule has 0 spiro atoms. The second kappa shape index (κ2) is 14.9. The van der Waals surface area contributed by atoms with Gasteiger partial charge in [-0.3, -0.25) is 9.59 Å². The van der Waals surface area contributed by atoms with Crippen LogP contribution in [0.2, 0.25) is 0 Å². The topological polar surface area (TPSA) is 117 Å². The molecule has 1 amide bonds. The molecule has 6 atom stereocenters. The van der Waals surface area contributed by atoms with E-state index in [4.69, 9.17) is 28.9 Å². The van der Waals surface area contributed by atoms with Gasteiger partial charge in [0.05, 0.1) is 37.0 Å². The van der Waals surface area contributed by atoms with Crippen molar-refractivity contribution in [1.82, 2.24) is 14.9 Å². The third kappa shape index (κ3) is 8.17. The van der Waals surface area contributed by atoms with Gasteiger partial charge in [-0.05, 0) is 89.3 Å². The van der Waals surface area contributed by atoms with E-state index in [9.17, 15) is 27.6 Å². The number of hydrogen-bond acceptors (Lipinski definition) is 9. The Morgan fingerprint density at radius 3 is 2.38 bits per heavy atom. The molecule has 286 valence electrons. The minimum Gasteiger partial charge on any atom is -0.497 e.